The summed E-state index contributed by atoms with van der Waals surface area (Å²) in [4.78, 5) is 28.8. The fourth-order valence-corrected chi connectivity index (χ4v) is 5.47. The van der Waals surface area contributed by atoms with E-state index in [1.165, 1.54) is 9.21 Å². The van der Waals surface area contributed by atoms with Crippen LogP contribution in [-0.4, -0.2) is 61.7 Å². The average molecular weight is 478 g/mol. The highest BCUT2D eigenvalue weighted by Crippen LogP contribution is 2.28. The molecule has 2 aromatic carbocycles. The van der Waals surface area contributed by atoms with Gasteiger partial charge < -0.3 is 0 Å². The van der Waals surface area contributed by atoms with Gasteiger partial charge in [0.05, 0.1) is 23.0 Å². The van der Waals surface area contributed by atoms with Crippen LogP contribution in [0.15, 0.2) is 64.0 Å². The Balaban J connectivity index is 1.44. The molecule has 0 aliphatic carbocycles. The number of anilines is 1. The third-order valence-corrected chi connectivity index (χ3v) is 7.74. The van der Waals surface area contributed by atoms with Gasteiger partial charge in [-0.2, -0.15) is 4.31 Å². The molecule has 0 saturated carbocycles. The molecule has 2 amide bonds. The van der Waals surface area contributed by atoms with Gasteiger partial charge in [0, 0.05) is 30.7 Å². The number of rotatable bonds is 4. The largest absolute Gasteiger partial charge is 0.289 e. The second-order valence-electron chi connectivity index (χ2n) is 7.02. The molecule has 0 radical (unpaired) electrons. The number of carbonyl (C=O) groups is 2. The Hall–Kier alpha value is -2.07. The van der Waals surface area contributed by atoms with Crippen LogP contribution in [0.1, 0.15) is 6.42 Å². The van der Waals surface area contributed by atoms with E-state index in [2.05, 4.69) is 15.9 Å². The molecule has 29 heavy (non-hydrogen) atoms. The number of imide groups is 1. The fourth-order valence-electron chi connectivity index (χ4n) is 3.76. The van der Waals surface area contributed by atoms with Gasteiger partial charge in [0.15, 0.2) is 0 Å². The van der Waals surface area contributed by atoms with E-state index in [-0.39, 0.29) is 36.2 Å². The zero-order valence-corrected chi connectivity index (χ0v) is 18.0. The fraction of sp³-hybridized carbons (Fsp3) is 0.300. The number of nitrogens with zero attached hydrogens (tertiary/aromatic N) is 3. The molecule has 2 fully saturated rings. The lowest BCUT2D eigenvalue weighted by atomic mass is 10.2. The van der Waals surface area contributed by atoms with E-state index in [1.807, 2.05) is 4.90 Å². The van der Waals surface area contributed by atoms with E-state index in [0.717, 1.165) is 4.47 Å². The van der Waals surface area contributed by atoms with Crippen LogP contribution in [-0.2, 0) is 19.6 Å². The van der Waals surface area contributed by atoms with Crippen LogP contribution in [0, 0.1) is 0 Å². The minimum absolute atomic E-state index is 0.111. The second kappa shape index (κ2) is 7.98. The molecule has 2 aliphatic rings. The highest BCUT2D eigenvalue weighted by atomic mass is 79.9. The lowest BCUT2D eigenvalue weighted by Gasteiger charge is -2.36. The van der Waals surface area contributed by atoms with Gasteiger partial charge in [-0.3, -0.25) is 14.5 Å². The van der Waals surface area contributed by atoms with Crippen molar-refractivity contribution in [1.29, 1.82) is 0 Å². The lowest BCUT2D eigenvalue weighted by Crippen LogP contribution is -2.53. The summed E-state index contributed by atoms with van der Waals surface area (Å²) in [5.74, 6) is -0.488. The van der Waals surface area contributed by atoms with Crippen molar-refractivity contribution in [1.82, 2.24) is 9.21 Å². The van der Waals surface area contributed by atoms with E-state index in [0.29, 0.717) is 18.8 Å². The normalized spacial score (nSPS) is 21.7. The molecule has 2 saturated heterocycles. The lowest BCUT2D eigenvalue weighted by molar-refractivity contribution is -0.123. The molecule has 0 aromatic heterocycles. The molecule has 0 N–H and O–H groups in total. The van der Waals surface area contributed by atoms with Crippen molar-refractivity contribution in [2.45, 2.75) is 17.4 Å². The average Bonchev–Trinajstić information content (AvgIpc) is 3.03. The van der Waals surface area contributed by atoms with Crippen LogP contribution >= 0.6 is 15.9 Å². The predicted octanol–water partition coefficient (Wildman–Crippen LogP) is 2.09. The summed E-state index contributed by atoms with van der Waals surface area (Å²) in [6, 6.07) is 14.8. The number of sulfonamides is 1. The van der Waals surface area contributed by atoms with Gasteiger partial charge in [-0.15, -0.1) is 0 Å². The molecular weight excluding hydrogens is 458 g/mol. The van der Waals surface area contributed by atoms with Gasteiger partial charge in [-0.05, 0) is 36.4 Å². The van der Waals surface area contributed by atoms with Gasteiger partial charge in [0.25, 0.3) is 5.91 Å². The summed E-state index contributed by atoms with van der Waals surface area (Å²) >= 11 is 3.35. The third kappa shape index (κ3) is 3.87. The number of hydrogen-bond acceptors (Lipinski definition) is 5. The Bertz CT molecular complexity index is 1020. The minimum atomic E-state index is -3.55. The summed E-state index contributed by atoms with van der Waals surface area (Å²) in [5.41, 5.74) is 0.552. The maximum absolute atomic E-state index is 12.9. The van der Waals surface area contributed by atoms with Crippen LogP contribution < -0.4 is 4.90 Å². The maximum Gasteiger partial charge on any atom is 0.251 e. The summed E-state index contributed by atoms with van der Waals surface area (Å²) in [7, 11) is -3.55. The summed E-state index contributed by atoms with van der Waals surface area (Å²) in [6.07, 6.45) is 0.111. The van der Waals surface area contributed by atoms with Crippen LogP contribution in [0.4, 0.5) is 5.69 Å². The zero-order chi connectivity index (χ0) is 20.6. The maximum atomic E-state index is 12.9. The van der Waals surface area contributed by atoms with Gasteiger partial charge >= 0.3 is 0 Å². The van der Waals surface area contributed by atoms with Crippen molar-refractivity contribution in [3.05, 3.63) is 59.1 Å². The van der Waals surface area contributed by atoms with E-state index in [4.69, 9.17) is 0 Å². The number of halogens is 1. The Morgan fingerprint density at radius 1 is 0.862 bits per heavy atom. The van der Waals surface area contributed by atoms with E-state index in [1.54, 1.807) is 54.6 Å². The number of piperazine rings is 1. The number of hydrogen-bond donors (Lipinski definition) is 0. The standard InChI is InChI=1S/C20H20BrN3O4S/c21-15-6-8-16(9-7-15)24-19(25)14-18(20(24)26)22-10-12-23(13-11-22)29(27,28)17-4-2-1-3-5-17/h1-9,18H,10-14H2/t18-/m0/s1. The number of benzene rings is 2. The molecule has 7 nitrogen and oxygen atoms in total. The van der Waals surface area contributed by atoms with Crippen LogP contribution in [0.5, 0.6) is 0 Å². The Morgan fingerprint density at radius 2 is 1.48 bits per heavy atom. The first-order chi connectivity index (χ1) is 13.9. The molecule has 1 atom stereocenters. The molecule has 2 heterocycles. The molecule has 2 aliphatic heterocycles. The van der Waals surface area contributed by atoms with Gasteiger partial charge in [-0.25, -0.2) is 13.3 Å². The molecule has 4 rings (SSSR count). The molecule has 0 unspecified atom stereocenters. The minimum Gasteiger partial charge on any atom is -0.289 e. The summed E-state index contributed by atoms with van der Waals surface area (Å²) in [5, 5.41) is 0. The molecule has 9 heteroatoms. The van der Waals surface area contributed by atoms with Crippen LogP contribution in [0.2, 0.25) is 0 Å². The smallest absolute Gasteiger partial charge is 0.251 e. The van der Waals surface area contributed by atoms with Gasteiger partial charge in [0.2, 0.25) is 15.9 Å². The van der Waals surface area contributed by atoms with E-state index < -0.39 is 16.1 Å². The summed E-state index contributed by atoms with van der Waals surface area (Å²) in [6.45, 7) is 1.38. The van der Waals surface area contributed by atoms with Crippen LogP contribution in [0.3, 0.4) is 0 Å². The van der Waals surface area contributed by atoms with Crippen molar-refractivity contribution >= 4 is 43.5 Å². The Labute approximate surface area is 178 Å². The first-order valence-electron chi connectivity index (χ1n) is 9.29. The quantitative estimate of drug-likeness (QED) is 0.630. The summed E-state index contributed by atoms with van der Waals surface area (Å²) < 4.78 is 27.8. The first-order valence-corrected chi connectivity index (χ1v) is 11.5. The van der Waals surface area contributed by atoms with E-state index in [9.17, 15) is 18.0 Å². The van der Waals surface area contributed by atoms with Crippen molar-refractivity contribution in [3.8, 4) is 0 Å². The van der Waals surface area contributed by atoms with Crippen molar-refractivity contribution in [2.75, 3.05) is 31.1 Å². The van der Waals surface area contributed by atoms with Crippen LogP contribution in [0.25, 0.3) is 0 Å². The highest BCUT2D eigenvalue weighted by molar-refractivity contribution is 9.10. The number of amides is 2. The van der Waals surface area contributed by atoms with Crippen molar-refractivity contribution in [3.63, 3.8) is 0 Å². The number of carbonyl (C=O) groups excluding carboxylic acids is 2. The van der Waals surface area contributed by atoms with Gasteiger partial charge in [0.1, 0.15) is 0 Å². The first kappa shape index (κ1) is 20.2. The second-order valence-corrected chi connectivity index (χ2v) is 9.87. The van der Waals surface area contributed by atoms with Crippen molar-refractivity contribution < 1.29 is 18.0 Å². The Kier molecular flexibility index (Phi) is 5.56. The highest BCUT2D eigenvalue weighted by Gasteiger charge is 2.44. The van der Waals surface area contributed by atoms with Crippen molar-refractivity contribution in [2.24, 2.45) is 0 Å². The molecule has 0 spiro atoms. The van der Waals surface area contributed by atoms with Gasteiger partial charge in [-0.1, -0.05) is 34.1 Å². The Morgan fingerprint density at radius 3 is 2.10 bits per heavy atom. The van der Waals surface area contributed by atoms with E-state index >= 15 is 0 Å². The predicted molar refractivity (Wildman–Crippen MR) is 112 cm³/mol. The third-order valence-electron chi connectivity index (χ3n) is 5.30. The molecule has 152 valence electrons. The topological polar surface area (TPSA) is 78.0 Å². The molecule has 2 aromatic rings. The monoisotopic (exact) mass is 477 g/mol. The SMILES string of the molecule is O=C1C[C@H](N2CCN(S(=O)(=O)c3ccccc3)CC2)C(=O)N1c1ccc(Br)cc1. The zero-order valence-electron chi connectivity index (χ0n) is 15.6. The molecular formula is C20H20BrN3O4S. The molecule has 0 bridgehead atoms.